The highest BCUT2D eigenvalue weighted by molar-refractivity contribution is 5.86. The number of aromatic amines is 1. The molecule has 3 aromatic rings. The molecule has 21 heavy (non-hydrogen) atoms. The number of anilines is 2. The molecule has 7 heteroatoms. The fourth-order valence-corrected chi connectivity index (χ4v) is 2.57. The van der Waals surface area contributed by atoms with Gasteiger partial charge in [-0.2, -0.15) is 15.1 Å². The molecule has 0 aliphatic carbocycles. The number of hydrogen-bond acceptors (Lipinski definition) is 6. The highest BCUT2D eigenvalue weighted by Gasteiger charge is 2.22. The van der Waals surface area contributed by atoms with Gasteiger partial charge < -0.3 is 15.8 Å². The Labute approximate surface area is 120 Å². The average Bonchev–Trinajstić information content (AvgIpc) is 3.10. The first kappa shape index (κ1) is 12.0. The van der Waals surface area contributed by atoms with E-state index >= 15 is 0 Å². The molecule has 1 unspecified atom stereocenters. The maximum atomic E-state index is 5.89. The molecule has 106 valence electrons. The predicted octanol–water partition coefficient (Wildman–Crippen LogP) is 1.35. The van der Waals surface area contributed by atoms with Gasteiger partial charge >= 0.3 is 0 Å². The molecule has 4 N–H and O–H groups in total. The summed E-state index contributed by atoms with van der Waals surface area (Å²) >= 11 is 0. The Hall–Kier alpha value is -2.83. The van der Waals surface area contributed by atoms with Crippen molar-refractivity contribution in [3.8, 4) is 5.75 Å². The highest BCUT2D eigenvalue weighted by Crippen LogP contribution is 2.28. The Morgan fingerprint density at radius 3 is 3.14 bits per heavy atom. The van der Waals surface area contributed by atoms with E-state index in [9.17, 15) is 0 Å². The first-order valence-corrected chi connectivity index (χ1v) is 6.74. The number of H-pyrrole nitrogens is 1. The number of nitrogens with zero attached hydrogens (tertiary/aromatic N) is 3. The third-order valence-electron chi connectivity index (χ3n) is 3.54. The molecule has 0 spiro atoms. The minimum absolute atomic E-state index is 0.0838. The Bertz CT molecular complexity index is 774. The molecule has 1 aliphatic rings. The van der Waals surface area contributed by atoms with E-state index in [1.165, 1.54) is 5.56 Å². The number of fused-ring (bicyclic) bond motifs is 2. The van der Waals surface area contributed by atoms with Crippen LogP contribution in [0.3, 0.4) is 0 Å². The molecule has 0 bridgehead atoms. The number of benzene rings is 1. The summed E-state index contributed by atoms with van der Waals surface area (Å²) in [7, 11) is 0. The first-order valence-electron chi connectivity index (χ1n) is 6.74. The average molecular weight is 282 g/mol. The molecule has 1 aromatic carbocycles. The molecule has 3 heterocycles. The van der Waals surface area contributed by atoms with Crippen LogP contribution in [0.1, 0.15) is 5.56 Å². The highest BCUT2D eigenvalue weighted by atomic mass is 16.5. The van der Waals surface area contributed by atoms with Crippen LogP contribution in [0.25, 0.3) is 11.0 Å². The topological polar surface area (TPSA) is 102 Å². The molecule has 0 fully saturated rings. The van der Waals surface area contributed by atoms with Crippen LogP contribution in [0.2, 0.25) is 0 Å². The molecule has 7 nitrogen and oxygen atoms in total. The van der Waals surface area contributed by atoms with Gasteiger partial charge in [-0.25, -0.2) is 0 Å². The predicted molar refractivity (Wildman–Crippen MR) is 79.1 cm³/mol. The normalized spacial score (nSPS) is 16.7. The molecule has 0 saturated heterocycles. The van der Waals surface area contributed by atoms with Crippen molar-refractivity contribution in [3.63, 3.8) is 0 Å². The summed E-state index contributed by atoms with van der Waals surface area (Å²) in [5.74, 6) is 1.84. The second kappa shape index (κ2) is 4.62. The van der Waals surface area contributed by atoms with Crippen LogP contribution in [0, 0.1) is 0 Å². The van der Waals surface area contributed by atoms with Gasteiger partial charge in [-0.15, -0.1) is 0 Å². The number of hydrogen-bond donors (Lipinski definition) is 3. The zero-order valence-electron chi connectivity index (χ0n) is 11.2. The number of para-hydroxylation sites is 1. The standard InChI is InChI=1S/C14H14N6O/c15-14-18-12(10-7-17-20-13(10)19-14)16-6-9-5-8-3-1-2-4-11(8)21-9/h1-4,7,9H,5-6H2,(H4,15,16,17,18,19,20). The van der Waals surface area contributed by atoms with Crippen LogP contribution in [-0.4, -0.2) is 32.8 Å². The second-order valence-corrected chi connectivity index (χ2v) is 5.00. The Balaban J connectivity index is 1.51. The first-order chi connectivity index (χ1) is 10.3. The Morgan fingerprint density at radius 1 is 1.33 bits per heavy atom. The second-order valence-electron chi connectivity index (χ2n) is 5.00. The lowest BCUT2D eigenvalue weighted by molar-refractivity contribution is 0.246. The number of aromatic nitrogens is 4. The quantitative estimate of drug-likeness (QED) is 0.670. The van der Waals surface area contributed by atoms with Crippen LogP contribution < -0.4 is 15.8 Å². The molecular weight excluding hydrogens is 268 g/mol. The number of rotatable bonds is 3. The van der Waals surface area contributed by atoms with Crippen molar-refractivity contribution < 1.29 is 4.74 Å². The lowest BCUT2D eigenvalue weighted by atomic mass is 10.1. The summed E-state index contributed by atoms with van der Waals surface area (Å²) in [4.78, 5) is 8.31. The van der Waals surface area contributed by atoms with Crippen molar-refractivity contribution >= 4 is 22.8 Å². The van der Waals surface area contributed by atoms with E-state index < -0.39 is 0 Å². The minimum Gasteiger partial charge on any atom is -0.488 e. The SMILES string of the molecule is Nc1nc(NCC2Cc3ccccc3O2)c2cn[nH]c2n1. The van der Waals surface area contributed by atoms with E-state index in [0.29, 0.717) is 18.0 Å². The van der Waals surface area contributed by atoms with Crippen LogP contribution >= 0.6 is 0 Å². The third kappa shape index (κ3) is 2.12. The summed E-state index contributed by atoms with van der Waals surface area (Å²) in [5, 5.41) is 10.8. The van der Waals surface area contributed by atoms with Gasteiger partial charge in [0.25, 0.3) is 0 Å². The van der Waals surface area contributed by atoms with Crippen LogP contribution in [0.5, 0.6) is 5.75 Å². The van der Waals surface area contributed by atoms with E-state index in [1.54, 1.807) is 6.20 Å². The molecule has 0 amide bonds. The molecule has 2 aromatic heterocycles. The van der Waals surface area contributed by atoms with Gasteiger partial charge in [-0.1, -0.05) is 18.2 Å². The van der Waals surface area contributed by atoms with Crippen LogP contribution in [0.4, 0.5) is 11.8 Å². The molecular formula is C14H14N6O. The molecule has 1 atom stereocenters. The fourth-order valence-electron chi connectivity index (χ4n) is 2.57. The zero-order valence-corrected chi connectivity index (χ0v) is 11.2. The van der Waals surface area contributed by atoms with Crippen molar-refractivity contribution in [2.45, 2.75) is 12.5 Å². The van der Waals surface area contributed by atoms with Crippen molar-refractivity contribution in [1.29, 1.82) is 0 Å². The number of nitrogen functional groups attached to an aromatic ring is 1. The van der Waals surface area contributed by atoms with Crippen molar-refractivity contribution in [2.24, 2.45) is 0 Å². The van der Waals surface area contributed by atoms with E-state index in [-0.39, 0.29) is 12.1 Å². The summed E-state index contributed by atoms with van der Waals surface area (Å²) in [5.41, 5.74) is 7.56. The van der Waals surface area contributed by atoms with Gasteiger partial charge in [0.05, 0.1) is 18.1 Å². The minimum atomic E-state index is 0.0838. The maximum Gasteiger partial charge on any atom is 0.224 e. The van der Waals surface area contributed by atoms with E-state index in [1.807, 2.05) is 18.2 Å². The fraction of sp³-hybridized carbons (Fsp3) is 0.214. The van der Waals surface area contributed by atoms with Gasteiger partial charge in [0, 0.05) is 6.42 Å². The van der Waals surface area contributed by atoms with Gasteiger partial charge in [-0.05, 0) is 11.6 Å². The number of ether oxygens (including phenoxy) is 1. The van der Waals surface area contributed by atoms with Crippen molar-refractivity contribution in [2.75, 3.05) is 17.6 Å². The monoisotopic (exact) mass is 282 g/mol. The van der Waals surface area contributed by atoms with Crippen LogP contribution in [0.15, 0.2) is 30.5 Å². The Morgan fingerprint density at radius 2 is 2.24 bits per heavy atom. The summed E-state index contributed by atoms with van der Waals surface area (Å²) < 4.78 is 5.89. The molecule has 4 rings (SSSR count). The zero-order chi connectivity index (χ0) is 14.2. The van der Waals surface area contributed by atoms with Crippen molar-refractivity contribution in [1.82, 2.24) is 20.2 Å². The van der Waals surface area contributed by atoms with E-state index in [4.69, 9.17) is 10.5 Å². The molecule has 1 aliphatic heterocycles. The number of nitrogens with two attached hydrogens (primary N) is 1. The lowest BCUT2D eigenvalue weighted by Gasteiger charge is -2.12. The van der Waals surface area contributed by atoms with Crippen molar-refractivity contribution in [3.05, 3.63) is 36.0 Å². The smallest absolute Gasteiger partial charge is 0.224 e. The molecule has 0 saturated carbocycles. The van der Waals surface area contributed by atoms with E-state index in [0.717, 1.165) is 17.6 Å². The third-order valence-corrected chi connectivity index (χ3v) is 3.54. The summed E-state index contributed by atoms with van der Waals surface area (Å²) in [6.45, 7) is 0.644. The summed E-state index contributed by atoms with van der Waals surface area (Å²) in [6, 6.07) is 8.09. The van der Waals surface area contributed by atoms with Gasteiger partial charge in [0.2, 0.25) is 5.95 Å². The lowest BCUT2D eigenvalue weighted by Crippen LogP contribution is -2.24. The Kier molecular flexibility index (Phi) is 2.63. The largest absolute Gasteiger partial charge is 0.488 e. The van der Waals surface area contributed by atoms with Gasteiger partial charge in [-0.3, -0.25) is 5.10 Å². The van der Waals surface area contributed by atoms with Gasteiger partial charge in [0.15, 0.2) is 5.65 Å². The summed E-state index contributed by atoms with van der Waals surface area (Å²) in [6.07, 6.45) is 2.65. The van der Waals surface area contributed by atoms with Crippen LogP contribution in [-0.2, 0) is 6.42 Å². The molecule has 0 radical (unpaired) electrons. The van der Waals surface area contributed by atoms with E-state index in [2.05, 4.69) is 31.5 Å². The van der Waals surface area contributed by atoms with Gasteiger partial charge in [0.1, 0.15) is 17.7 Å². The maximum absolute atomic E-state index is 5.89. The number of nitrogens with one attached hydrogen (secondary N) is 2.